The molecular formula is C23H30N2. The zero-order valence-corrected chi connectivity index (χ0v) is 15.4. The number of anilines is 1. The van der Waals surface area contributed by atoms with Gasteiger partial charge < -0.3 is 5.73 Å². The monoisotopic (exact) mass is 334 g/mol. The molecule has 2 heteroatoms. The highest BCUT2D eigenvalue weighted by Gasteiger charge is 2.02. The number of benzene rings is 2. The van der Waals surface area contributed by atoms with E-state index in [0.717, 1.165) is 28.5 Å². The van der Waals surface area contributed by atoms with Crippen LogP contribution in [0.4, 0.5) is 5.69 Å². The second kappa shape index (κ2) is 8.84. The number of aryl methyl sites for hydroxylation is 1. The van der Waals surface area contributed by atoms with Gasteiger partial charge in [0.15, 0.2) is 0 Å². The third kappa shape index (κ3) is 4.94. The Morgan fingerprint density at radius 1 is 0.720 bits per heavy atom. The Balaban J connectivity index is 1.56. The Morgan fingerprint density at radius 3 is 2.12 bits per heavy atom. The first-order valence-electron chi connectivity index (χ1n) is 9.85. The summed E-state index contributed by atoms with van der Waals surface area (Å²) in [5.41, 5.74) is 10.1. The van der Waals surface area contributed by atoms with Crippen molar-refractivity contribution >= 4 is 27.5 Å². The summed E-state index contributed by atoms with van der Waals surface area (Å²) in [5.74, 6) is 0. The number of fused-ring (bicyclic) bond motifs is 2. The van der Waals surface area contributed by atoms with Gasteiger partial charge in [0.2, 0.25) is 0 Å². The maximum absolute atomic E-state index is 5.89. The van der Waals surface area contributed by atoms with Gasteiger partial charge in [-0.1, -0.05) is 70.1 Å². The molecular weight excluding hydrogens is 304 g/mol. The van der Waals surface area contributed by atoms with Crippen LogP contribution >= 0.6 is 0 Å². The van der Waals surface area contributed by atoms with E-state index in [1.165, 1.54) is 62.3 Å². The van der Waals surface area contributed by atoms with Crippen molar-refractivity contribution in [3.63, 3.8) is 0 Å². The standard InChI is InChI=1S/C23H30N2/c1-2-3-4-5-6-7-8-9-10-18-11-12-19-16-20-13-14-21(24)17-23(20)25-22(19)15-18/h11-17H,2-10,24H2,1H3. The second-order valence-corrected chi connectivity index (χ2v) is 7.19. The van der Waals surface area contributed by atoms with E-state index in [2.05, 4.69) is 31.2 Å². The lowest BCUT2D eigenvalue weighted by molar-refractivity contribution is 0.575. The van der Waals surface area contributed by atoms with Crippen LogP contribution in [0.25, 0.3) is 21.8 Å². The Labute approximate surface area is 151 Å². The van der Waals surface area contributed by atoms with Crippen LogP contribution in [0.3, 0.4) is 0 Å². The van der Waals surface area contributed by atoms with E-state index in [4.69, 9.17) is 10.7 Å². The summed E-state index contributed by atoms with van der Waals surface area (Å²) in [5, 5.41) is 2.36. The number of unbranched alkanes of at least 4 members (excludes halogenated alkanes) is 7. The number of rotatable bonds is 9. The van der Waals surface area contributed by atoms with Gasteiger partial charge in [-0.15, -0.1) is 0 Å². The van der Waals surface area contributed by atoms with E-state index in [9.17, 15) is 0 Å². The van der Waals surface area contributed by atoms with Gasteiger partial charge in [-0.3, -0.25) is 0 Å². The molecule has 132 valence electrons. The highest BCUT2D eigenvalue weighted by molar-refractivity contribution is 5.94. The average molecular weight is 335 g/mol. The SMILES string of the molecule is CCCCCCCCCCc1ccc2cc3ccc(N)cc3nc2c1. The molecule has 0 saturated carbocycles. The van der Waals surface area contributed by atoms with Crippen molar-refractivity contribution in [3.05, 3.63) is 48.0 Å². The van der Waals surface area contributed by atoms with Crippen molar-refractivity contribution in [1.29, 1.82) is 0 Å². The Morgan fingerprint density at radius 2 is 1.36 bits per heavy atom. The van der Waals surface area contributed by atoms with E-state index in [0.29, 0.717) is 0 Å². The maximum atomic E-state index is 5.89. The molecule has 0 radical (unpaired) electrons. The first-order chi connectivity index (χ1) is 12.3. The topological polar surface area (TPSA) is 38.9 Å². The van der Waals surface area contributed by atoms with Gasteiger partial charge in [-0.2, -0.15) is 0 Å². The van der Waals surface area contributed by atoms with Crippen molar-refractivity contribution in [2.45, 2.75) is 64.7 Å². The molecule has 0 unspecified atom stereocenters. The summed E-state index contributed by atoms with van der Waals surface area (Å²) in [6.07, 6.45) is 12.1. The quantitative estimate of drug-likeness (QED) is 0.270. The Hall–Kier alpha value is -2.09. The molecule has 0 atom stereocenters. The molecule has 0 aliphatic heterocycles. The first kappa shape index (κ1) is 17.7. The van der Waals surface area contributed by atoms with Gasteiger partial charge in [0, 0.05) is 16.5 Å². The molecule has 0 saturated heterocycles. The minimum absolute atomic E-state index is 0.773. The number of nitrogens with two attached hydrogens (primary N) is 1. The van der Waals surface area contributed by atoms with Crippen molar-refractivity contribution in [1.82, 2.24) is 4.98 Å². The fourth-order valence-corrected chi connectivity index (χ4v) is 3.50. The van der Waals surface area contributed by atoms with Crippen LogP contribution < -0.4 is 5.73 Å². The van der Waals surface area contributed by atoms with Crippen LogP contribution in [-0.2, 0) is 6.42 Å². The molecule has 2 nitrogen and oxygen atoms in total. The zero-order valence-electron chi connectivity index (χ0n) is 15.4. The number of nitrogens with zero attached hydrogens (tertiary/aromatic N) is 1. The molecule has 25 heavy (non-hydrogen) atoms. The highest BCUT2D eigenvalue weighted by Crippen LogP contribution is 2.23. The third-order valence-corrected chi connectivity index (χ3v) is 5.02. The smallest absolute Gasteiger partial charge is 0.0730 e. The van der Waals surface area contributed by atoms with Crippen LogP contribution in [0, 0.1) is 0 Å². The van der Waals surface area contributed by atoms with Gasteiger partial charge in [0.05, 0.1) is 11.0 Å². The summed E-state index contributed by atoms with van der Waals surface area (Å²) in [7, 11) is 0. The van der Waals surface area contributed by atoms with E-state index in [1.54, 1.807) is 0 Å². The van der Waals surface area contributed by atoms with Gasteiger partial charge in [-0.25, -0.2) is 4.98 Å². The van der Waals surface area contributed by atoms with Crippen LogP contribution in [0.2, 0.25) is 0 Å². The zero-order chi connectivity index (χ0) is 17.5. The molecule has 1 aromatic heterocycles. The van der Waals surface area contributed by atoms with Crippen molar-refractivity contribution < 1.29 is 0 Å². The normalized spacial score (nSPS) is 11.4. The molecule has 2 aromatic carbocycles. The highest BCUT2D eigenvalue weighted by atomic mass is 14.7. The molecule has 0 fully saturated rings. The van der Waals surface area contributed by atoms with Crippen LogP contribution in [0.15, 0.2) is 42.5 Å². The molecule has 1 heterocycles. The summed E-state index contributed by atoms with van der Waals surface area (Å²) >= 11 is 0. The van der Waals surface area contributed by atoms with Crippen LogP contribution in [0.5, 0.6) is 0 Å². The largest absolute Gasteiger partial charge is 0.399 e. The van der Waals surface area contributed by atoms with Crippen molar-refractivity contribution in [2.24, 2.45) is 0 Å². The van der Waals surface area contributed by atoms with Crippen molar-refractivity contribution in [2.75, 3.05) is 5.73 Å². The van der Waals surface area contributed by atoms with E-state index >= 15 is 0 Å². The van der Waals surface area contributed by atoms with Gasteiger partial charge in [0.1, 0.15) is 0 Å². The number of pyridine rings is 1. The molecule has 0 bridgehead atoms. The lowest BCUT2D eigenvalue weighted by Crippen LogP contribution is -1.90. The third-order valence-electron chi connectivity index (χ3n) is 5.02. The lowest BCUT2D eigenvalue weighted by Gasteiger charge is -2.06. The average Bonchev–Trinajstić information content (AvgIpc) is 2.62. The van der Waals surface area contributed by atoms with Gasteiger partial charge in [0.25, 0.3) is 0 Å². The van der Waals surface area contributed by atoms with Gasteiger partial charge >= 0.3 is 0 Å². The number of hydrogen-bond donors (Lipinski definition) is 1. The molecule has 0 aliphatic carbocycles. The number of hydrogen-bond acceptors (Lipinski definition) is 2. The summed E-state index contributed by atoms with van der Waals surface area (Å²) in [4.78, 5) is 4.81. The summed E-state index contributed by atoms with van der Waals surface area (Å²) < 4.78 is 0. The van der Waals surface area contributed by atoms with Crippen LogP contribution in [-0.4, -0.2) is 4.98 Å². The fraction of sp³-hybridized carbons (Fsp3) is 0.435. The number of aromatic nitrogens is 1. The van der Waals surface area contributed by atoms with Crippen molar-refractivity contribution in [3.8, 4) is 0 Å². The second-order valence-electron chi connectivity index (χ2n) is 7.19. The minimum Gasteiger partial charge on any atom is -0.399 e. The van der Waals surface area contributed by atoms with Crippen LogP contribution in [0.1, 0.15) is 63.9 Å². The summed E-state index contributed by atoms with van der Waals surface area (Å²) in [6, 6.07) is 14.9. The maximum Gasteiger partial charge on any atom is 0.0730 e. The molecule has 0 aliphatic rings. The molecule has 3 aromatic rings. The predicted molar refractivity (Wildman–Crippen MR) is 110 cm³/mol. The first-order valence-corrected chi connectivity index (χ1v) is 9.85. The molecule has 0 spiro atoms. The Bertz CT molecular complexity index is 823. The predicted octanol–water partition coefficient (Wildman–Crippen LogP) is 6.65. The summed E-state index contributed by atoms with van der Waals surface area (Å²) in [6.45, 7) is 2.27. The fourth-order valence-electron chi connectivity index (χ4n) is 3.50. The molecule has 0 amide bonds. The van der Waals surface area contributed by atoms with Gasteiger partial charge in [-0.05, 0) is 42.7 Å². The van der Waals surface area contributed by atoms with E-state index < -0.39 is 0 Å². The Kier molecular flexibility index (Phi) is 6.27. The lowest BCUT2D eigenvalue weighted by atomic mass is 10.0. The number of nitrogen functional groups attached to an aromatic ring is 1. The molecule has 2 N–H and O–H groups in total. The van der Waals surface area contributed by atoms with E-state index in [1.807, 2.05) is 18.2 Å². The molecule has 3 rings (SSSR count). The van der Waals surface area contributed by atoms with E-state index in [-0.39, 0.29) is 0 Å². The minimum atomic E-state index is 0.773.